The largest absolute Gasteiger partial charge is 0.481 e. The molecule has 1 aromatic heterocycles. The number of nitrogens with one attached hydrogen (secondary N) is 1. The molecule has 0 aliphatic carbocycles. The van der Waals surface area contributed by atoms with Crippen molar-refractivity contribution >= 4 is 23.3 Å². The first-order chi connectivity index (χ1) is 9.61. The number of hydrogen-bond acceptors (Lipinski definition) is 3. The maximum absolute atomic E-state index is 12.2. The molecule has 0 aromatic carbocycles. The van der Waals surface area contributed by atoms with Gasteiger partial charge in [0.15, 0.2) is 0 Å². The number of aryl methyl sites for hydroxylation is 1. The van der Waals surface area contributed by atoms with Gasteiger partial charge in [-0.05, 0) is 36.3 Å². The predicted molar refractivity (Wildman–Crippen MR) is 77.9 cm³/mol. The van der Waals surface area contributed by atoms with Crippen molar-refractivity contribution in [1.29, 1.82) is 0 Å². The van der Waals surface area contributed by atoms with E-state index in [1.54, 1.807) is 16.2 Å². The number of rotatable bonds is 5. The Morgan fingerprint density at radius 1 is 1.55 bits per heavy atom. The van der Waals surface area contributed by atoms with Crippen LogP contribution in [0.4, 0.5) is 4.79 Å². The van der Waals surface area contributed by atoms with Crippen LogP contribution in [0, 0.1) is 0 Å². The SMILES string of the molecule is CCc1ccsc1CNC(=O)N1CCCC1CC(=O)O. The van der Waals surface area contributed by atoms with Crippen LogP contribution in [0.15, 0.2) is 11.4 Å². The van der Waals surface area contributed by atoms with Crippen LogP contribution in [0.5, 0.6) is 0 Å². The van der Waals surface area contributed by atoms with E-state index in [1.165, 1.54) is 10.4 Å². The zero-order valence-corrected chi connectivity index (χ0v) is 12.4. The molecular weight excluding hydrogens is 276 g/mol. The van der Waals surface area contributed by atoms with E-state index in [-0.39, 0.29) is 18.5 Å². The lowest BCUT2D eigenvalue weighted by Gasteiger charge is -2.23. The van der Waals surface area contributed by atoms with Gasteiger partial charge < -0.3 is 15.3 Å². The summed E-state index contributed by atoms with van der Waals surface area (Å²) in [6, 6.07) is 1.76. The highest BCUT2D eigenvalue weighted by Gasteiger charge is 2.30. The fourth-order valence-corrected chi connectivity index (χ4v) is 3.53. The first kappa shape index (κ1) is 14.8. The molecule has 1 aliphatic rings. The second kappa shape index (κ2) is 6.74. The molecule has 5 nitrogen and oxygen atoms in total. The topological polar surface area (TPSA) is 69.6 Å². The second-order valence-electron chi connectivity index (χ2n) is 4.97. The molecule has 1 unspecified atom stereocenters. The third-order valence-electron chi connectivity index (χ3n) is 3.67. The molecule has 1 aliphatic heterocycles. The van der Waals surface area contributed by atoms with E-state index < -0.39 is 5.97 Å². The van der Waals surface area contributed by atoms with Gasteiger partial charge in [-0.1, -0.05) is 6.92 Å². The normalized spacial score (nSPS) is 18.2. The fraction of sp³-hybridized carbons (Fsp3) is 0.571. The highest BCUT2D eigenvalue weighted by molar-refractivity contribution is 7.10. The standard InChI is InChI=1S/C14H20N2O3S/c1-2-10-5-7-20-12(10)9-15-14(19)16-6-3-4-11(16)8-13(17)18/h5,7,11H,2-4,6,8-9H2,1H3,(H,15,19)(H,17,18). The molecule has 0 radical (unpaired) electrons. The van der Waals surface area contributed by atoms with Crippen LogP contribution >= 0.6 is 11.3 Å². The summed E-state index contributed by atoms with van der Waals surface area (Å²) in [5, 5.41) is 13.8. The summed E-state index contributed by atoms with van der Waals surface area (Å²) in [6.07, 6.45) is 2.65. The second-order valence-corrected chi connectivity index (χ2v) is 5.97. The molecular formula is C14H20N2O3S. The Morgan fingerprint density at radius 2 is 2.35 bits per heavy atom. The van der Waals surface area contributed by atoms with Gasteiger partial charge in [0, 0.05) is 17.5 Å². The van der Waals surface area contributed by atoms with E-state index in [4.69, 9.17) is 5.11 Å². The number of thiophene rings is 1. The van der Waals surface area contributed by atoms with E-state index in [1.807, 2.05) is 5.38 Å². The number of urea groups is 1. The van der Waals surface area contributed by atoms with E-state index in [9.17, 15) is 9.59 Å². The smallest absolute Gasteiger partial charge is 0.317 e. The Kier molecular flexibility index (Phi) is 5.00. The molecule has 1 fully saturated rings. The maximum atomic E-state index is 12.2. The van der Waals surface area contributed by atoms with Gasteiger partial charge >= 0.3 is 12.0 Å². The van der Waals surface area contributed by atoms with Gasteiger partial charge in [0.2, 0.25) is 0 Å². The van der Waals surface area contributed by atoms with Crippen LogP contribution in [0.25, 0.3) is 0 Å². The minimum atomic E-state index is -0.846. The number of carbonyl (C=O) groups excluding carboxylic acids is 1. The van der Waals surface area contributed by atoms with Gasteiger partial charge in [0.25, 0.3) is 0 Å². The van der Waals surface area contributed by atoms with Crippen LogP contribution in [0.1, 0.15) is 36.6 Å². The van der Waals surface area contributed by atoms with Crippen molar-refractivity contribution in [3.05, 3.63) is 21.9 Å². The van der Waals surface area contributed by atoms with Crippen LogP contribution in [-0.4, -0.2) is 34.6 Å². The lowest BCUT2D eigenvalue weighted by atomic mass is 10.1. The lowest BCUT2D eigenvalue weighted by molar-refractivity contribution is -0.137. The Hall–Kier alpha value is -1.56. The molecule has 2 heterocycles. The highest BCUT2D eigenvalue weighted by atomic mass is 32.1. The Morgan fingerprint density at radius 3 is 3.05 bits per heavy atom. The zero-order valence-electron chi connectivity index (χ0n) is 11.6. The van der Waals surface area contributed by atoms with Gasteiger partial charge in [-0.3, -0.25) is 4.79 Å². The summed E-state index contributed by atoms with van der Waals surface area (Å²) < 4.78 is 0. The molecule has 0 bridgehead atoms. The van der Waals surface area contributed by atoms with Crippen molar-refractivity contribution in [1.82, 2.24) is 10.2 Å². The van der Waals surface area contributed by atoms with Crippen molar-refractivity contribution in [2.24, 2.45) is 0 Å². The molecule has 0 spiro atoms. The quantitative estimate of drug-likeness (QED) is 0.877. The third-order valence-corrected chi connectivity index (χ3v) is 4.63. The molecule has 2 rings (SSSR count). The Labute approximate surface area is 122 Å². The van der Waals surface area contributed by atoms with Crippen molar-refractivity contribution in [2.45, 2.75) is 45.2 Å². The summed E-state index contributed by atoms with van der Waals surface area (Å²) in [5.74, 6) is -0.846. The zero-order chi connectivity index (χ0) is 14.5. The van der Waals surface area contributed by atoms with Crippen molar-refractivity contribution in [3.63, 3.8) is 0 Å². The number of carbonyl (C=O) groups is 2. The number of nitrogens with zero attached hydrogens (tertiary/aromatic N) is 1. The number of hydrogen-bond donors (Lipinski definition) is 2. The van der Waals surface area contributed by atoms with Crippen LogP contribution in [0.3, 0.4) is 0 Å². The van der Waals surface area contributed by atoms with E-state index in [2.05, 4.69) is 18.3 Å². The van der Waals surface area contributed by atoms with E-state index in [0.29, 0.717) is 13.1 Å². The number of amides is 2. The first-order valence-electron chi connectivity index (χ1n) is 6.93. The fourth-order valence-electron chi connectivity index (χ4n) is 2.61. The van der Waals surface area contributed by atoms with Gasteiger partial charge in [0.1, 0.15) is 0 Å². The molecule has 1 saturated heterocycles. The molecule has 20 heavy (non-hydrogen) atoms. The monoisotopic (exact) mass is 296 g/mol. The molecule has 2 amide bonds. The van der Waals surface area contributed by atoms with E-state index in [0.717, 1.165) is 19.3 Å². The van der Waals surface area contributed by atoms with E-state index >= 15 is 0 Å². The number of likely N-dealkylation sites (tertiary alicyclic amines) is 1. The predicted octanol–water partition coefficient (Wildman–Crippen LogP) is 2.46. The summed E-state index contributed by atoms with van der Waals surface area (Å²) in [4.78, 5) is 25.8. The van der Waals surface area contributed by atoms with Crippen LogP contribution in [0.2, 0.25) is 0 Å². The molecule has 0 saturated carbocycles. The number of carboxylic acid groups (broad SMARTS) is 1. The Balaban J connectivity index is 1.89. The average molecular weight is 296 g/mol. The van der Waals surface area contributed by atoms with Gasteiger partial charge in [-0.15, -0.1) is 11.3 Å². The summed E-state index contributed by atoms with van der Waals surface area (Å²) in [5.41, 5.74) is 1.26. The molecule has 1 atom stereocenters. The van der Waals surface area contributed by atoms with Crippen molar-refractivity contribution < 1.29 is 14.7 Å². The molecule has 110 valence electrons. The lowest BCUT2D eigenvalue weighted by Crippen LogP contribution is -2.43. The summed E-state index contributed by atoms with van der Waals surface area (Å²) in [6.45, 7) is 3.27. The number of carboxylic acids is 1. The third kappa shape index (κ3) is 3.50. The van der Waals surface area contributed by atoms with Gasteiger partial charge in [-0.2, -0.15) is 0 Å². The number of aliphatic carboxylic acids is 1. The first-order valence-corrected chi connectivity index (χ1v) is 7.81. The van der Waals surface area contributed by atoms with Crippen LogP contribution in [-0.2, 0) is 17.8 Å². The van der Waals surface area contributed by atoms with Crippen LogP contribution < -0.4 is 5.32 Å². The Bertz CT molecular complexity index is 487. The van der Waals surface area contributed by atoms with Gasteiger partial charge in [0.05, 0.1) is 13.0 Å². The molecule has 1 aromatic rings. The maximum Gasteiger partial charge on any atom is 0.317 e. The van der Waals surface area contributed by atoms with Gasteiger partial charge in [-0.25, -0.2) is 4.79 Å². The molecule has 6 heteroatoms. The minimum absolute atomic E-state index is 0.0344. The summed E-state index contributed by atoms with van der Waals surface area (Å²) >= 11 is 1.64. The molecule has 2 N–H and O–H groups in total. The van der Waals surface area contributed by atoms with Crippen molar-refractivity contribution in [2.75, 3.05) is 6.54 Å². The minimum Gasteiger partial charge on any atom is -0.481 e. The average Bonchev–Trinajstić information content (AvgIpc) is 3.03. The highest BCUT2D eigenvalue weighted by Crippen LogP contribution is 2.21. The summed E-state index contributed by atoms with van der Waals surface area (Å²) in [7, 11) is 0. The van der Waals surface area contributed by atoms with Crippen molar-refractivity contribution in [3.8, 4) is 0 Å².